The number of phosphoric ester groups is 1. The molecule has 478 valence electrons. The standard InChI is InChI=1S/C73H129N2O7P/c1-7-10-13-16-19-22-25-27-29-31-33-35-37-39-41-43-45-47-50-53-56-59-62-65-72(76)74-70(69-81-83(78,79)80-68-67-75(4,5)6)71(64-61-58-55-52-49-24-21-18-15-12-9-3)82-73(77)66-63-60-57-54-51-48-46-44-42-40-38-36-34-32-30-28-26-23-20-17-14-11-8-2/h19-20,22-23,27-30,33-36,39-42,61,64,70-71H,7-18,21,24-26,31-32,37-38,43-60,62-63,65-69H2,1-6H3,(H-,74,76,78,79)/b22-19-,23-20-,29-27-,30-28-,35-33-,36-34-,41-39-,42-40-,64-61+. The molecule has 3 unspecified atom stereocenters. The minimum Gasteiger partial charge on any atom is -0.756 e. The number of rotatable bonds is 61. The van der Waals surface area contributed by atoms with E-state index >= 15 is 0 Å². The third kappa shape index (κ3) is 63.0. The maximum Gasteiger partial charge on any atom is 0.306 e. The van der Waals surface area contributed by atoms with Crippen molar-refractivity contribution in [1.82, 2.24) is 5.32 Å². The van der Waals surface area contributed by atoms with Crippen LogP contribution in [0.1, 0.15) is 290 Å². The molecule has 0 bridgehead atoms. The van der Waals surface area contributed by atoms with Crippen molar-refractivity contribution in [2.75, 3.05) is 40.9 Å². The average Bonchev–Trinajstić information content (AvgIpc) is 3.51. The van der Waals surface area contributed by atoms with Crippen LogP contribution in [0.25, 0.3) is 0 Å². The highest BCUT2D eigenvalue weighted by Crippen LogP contribution is 2.38. The predicted octanol–water partition coefficient (Wildman–Crippen LogP) is 21.0. The van der Waals surface area contributed by atoms with E-state index in [2.05, 4.69) is 123 Å². The fourth-order valence-corrected chi connectivity index (χ4v) is 10.1. The zero-order valence-electron chi connectivity index (χ0n) is 54.6. The van der Waals surface area contributed by atoms with Gasteiger partial charge in [-0.1, -0.05) is 265 Å². The maximum absolute atomic E-state index is 13.6. The summed E-state index contributed by atoms with van der Waals surface area (Å²) in [7, 11) is 1.16. The molecule has 0 fully saturated rings. The average molecular weight is 1180 g/mol. The van der Waals surface area contributed by atoms with E-state index in [0.717, 1.165) is 116 Å². The number of hydrogen-bond donors (Lipinski definition) is 1. The van der Waals surface area contributed by atoms with Crippen LogP contribution in [-0.4, -0.2) is 69.4 Å². The number of carbonyl (C=O) groups excluding carboxylic acids is 2. The monoisotopic (exact) mass is 1180 g/mol. The van der Waals surface area contributed by atoms with Gasteiger partial charge in [-0.3, -0.25) is 14.2 Å². The van der Waals surface area contributed by atoms with Gasteiger partial charge in [0.05, 0.1) is 33.8 Å². The van der Waals surface area contributed by atoms with Crippen LogP contribution in [0.3, 0.4) is 0 Å². The molecule has 0 aliphatic heterocycles. The highest BCUT2D eigenvalue weighted by atomic mass is 31.2. The Hall–Kier alpha value is -3.33. The molecule has 0 spiro atoms. The number of esters is 1. The van der Waals surface area contributed by atoms with E-state index in [9.17, 15) is 19.0 Å². The summed E-state index contributed by atoms with van der Waals surface area (Å²) in [4.78, 5) is 40.1. The van der Waals surface area contributed by atoms with E-state index in [-0.39, 0.29) is 24.9 Å². The Morgan fingerprint density at radius 2 is 0.735 bits per heavy atom. The topological polar surface area (TPSA) is 114 Å². The van der Waals surface area contributed by atoms with Gasteiger partial charge in [-0.05, 0) is 122 Å². The maximum atomic E-state index is 13.6. The molecule has 0 aromatic carbocycles. The SMILES string of the molecule is CCCCC/C=C\C/C=C\C/C=C\C/C=C\CCCCCCCCCC(=O)NC(COP(=O)([O-])OCC[N+](C)(C)C)C(/C=C/CCCCCCCCCCC)OC(=O)CCCCCCCCC/C=C\C/C=C\C/C=C\C/C=C\CCCCC. The molecule has 10 heteroatoms. The molecular weight excluding hydrogens is 1050 g/mol. The van der Waals surface area contributed by atoms with Crippen molar-refractivity contribution in [1.29, 1.82) is 0 Å². The van der Waals surface area contributed by atoms with E-state index in [1.807, 2.05) is 33.3 Å². The summed E-state index contributed by atoms with van der Waals surface area (Å²) in [5.74, 6) is -0.568. The molecule has 1 N–H and O–H groups in total. The highest BCUT2D eigenvalue weighted by Gasteiger charge is 2.27. The molecule has 0 aromatic rings. The third-order valence-electron chi connectivity index (χ3n) is 14.7. The number of amides is 1. The Bertz CT molecular complexity index is 1790. The van der Waals surface area contributed by atoms with Crippen LogP contribution in [0.4, 0.5) is 0 Å². The van der Waals surface area contributed by atoms with Gasteiger partial charge in [0, 0.05) is 12.8 Å². The van der Waals surface area contributed by atoms with Gasteiger partial charge in [0.2, 0.25) is 5.91 Å². The molecule has 0 rings (SSSR count). The number of phosphoric acid groups is 1. The lowest BCUT2D eigenvalue weighted by molar-refractivity contribution is -0.870. The van der Waals surface area contributed by atoms with Crippen LogP contribution >= 0.6 is 7.82 Å². The number of quaternary nitrogens is 1. The molecule has 83 heavy (non-hydrogen) atoms. The Morgan fingerprint density at radius 3 is 1.12 bits per heavy atom. The van der Waals surface area contributed by atoms with Crippen molar-refractivity contribution in [2.45, 2.75) is 303 Å². The minimum absolute atomic E-state index is 0.0319. The summed E-state index contributed by atoms with van der Waals surface area (Å²) in [5, 5.41) is 3.03. The first-order valence-electron chi connectivity index (χ1n) is 34.2. The summed E-state index contributed by atoms with van der Waals surface area (Å²) in [6.07, 6.45) is 84.8. The third-order valence-corrected chi connectivity index (χ3v) is 15.6. The van der Waals surface area contributed by atoms with E-state index in [4.69, 9.17) is 13.8 Å². The van der Waals surface area contributed by atoms with Gasteiger partial charge in [0.1, 0.15) is 19.3 Å². The Labute approximate surface area is 512 Å². The predicted molar refractivity (Wildman–Crippen MR) is 357 cm³/mol. The molecule has 1 amide bonds. The van der Waals surface area contributed by atoms with Crippen LogP contribution in [0.5, 0.6) is 0 Å². The molecule has 0 aromatic heterocycles. The first-order chi connectivity index (χ1) is 40.4. The smallest absolute Gasteiger partial charge is 0.306 e. The lowest BCUT2D eigenvalue weighted by Gasteiger charge is -2.30. The van der Waals surface area contributed by atoms with E-state index in [0.29, 0.717) is 23.9 Å². The van der Waals surface area contributed by atoms with Crippen molar-refractivity contribution in [2.24, 2.45) is 0 Å². The highest BCUT2D eigenvalue weighted by molar-refractivity contribution is 7.45. The van der Waals surface area contributed by atoms with Gasteiger partial charge in [0.25, 0.3) is 7.82 Å². The Kier molecular flexibility index (Phi) is 59.3. The van der Waals surface area contributed by atoms with Gasteiger partial charge < -0.3 is 28.5 Å². The first kappa shape index (κ1) is 79.7. The van der Waals surface area contributed by atoms with Crippen LogP contribution < -0.4 is 10.2 Å². The summed E-state index contributed by atoms with van der Waals surface area (Å²) in [5.41, 5.74) is 0. The molecular formula is C73H129N2O7P. The number of ether oxygens (including phenoxy) is 1. The van der Waals surface area contributed by atoms with Gasteiger partial charge in [0.15, 0.2) is 0 Å². The first-order valence-corrected chi connectivity index (χ1v) is 35.7. The Morgan fingerprint density at radius 1 is 0.422 bits per heavy atom. The second-order valence-electron chi connectivity index (χ2n) is 24.0. The number of nitrogens with zero attached hydrogens (tertiary/aromatic N) is 1. The van der Waals surface area contributed by atoms with Crippen LogP contribution in [0.2, 0.25) is 0 Å². The summed E-state index contributed by atoms with van der Waals surface area (Å²) in [6, 6.07) is -0.907. The number of likely N-dealkylation sites (N-methyl/N-ethyl adjacent to an activating group) is 1. The molecule has 0 aliphatic rings. The van der Waals surface area contributed by atoms with Gasteiger partial charge in [-0.2, -0.15) is 0 Å². The second kappa shape index (κ2) is 61.7. The molecule has 0 aliphatic carbocycles. The van der Waals surface area contributed by atoms with Crippen molar-refractivity contribution in [3.05, 3.63) is 109 Å². The minimum atomic E-state index is -4.71. The number of unbranched alkanes of at least 4 members (excludes halogenated alkanes) is 29. The van der Waals surface area contributed by atoms with Crippen LogP contribution in [-0.2, 0) is 27.9 Å². The van der Waals surface area contributed by atoms with E-state index < -0.39 is 26.6 Å². The number of carbonyl (C=O) groups is 2. The fourth-order valence-electron chi connectivity index (χ4n) is 9.37. The number of nitrogens with one attached hydrogen (secondary N) is 1. The molecule has 0 saturated heterocycles. The zero-order chi connectivity index (χ0) is 60.7. The van der Waals surface area contributed by atoms with Crippen molar-refractivity contribution in [3.8, 4) is 0 Å². The molecule has 9 nitrogen and oxygen atoms in total. The number of hydrogen-bond acceptors (Lipinski definition) is 7. The van der Waals surface area contributed by atoms with Gasteiger partial charge in [-0.25, -0.2) is 0 Å². The zero-order valence-corrected chi connectivity index (χ0v) is 55.5. The quantitative estimate of drug-likeness (QED) is 0.0212. The molecule has 0 heterocycles. The summed E-state index contributed by atoms with van der Waals surface area (Å²) < 4.78 is 30.4. The van der Waals surface area contributed by atoms with Crippen molar-refractivity contribution in [3.63, 3.8) is 0 Å². The lowest BCUT2D eigenvalue weighted by atomic mass is 10.1. The lowest BCUT2D eigenvalue weighted by Crippen LogP contribution is -2.47. The van der Waals surface area contributed by atoms with E-state index in [1.165, 1.54) is 135 Å². The summed E-state index contributed by atoms with van der Waals surface area (Å²) >= 11 is 0. The largest absolute Gasteiger partial charge is 0.756 e. The van der Waals surface area contributed by atoms with Crippen LogP contribution in [0.15, 0.2) is 109 Å². The normalized spacial score (nSPS) is 14.3. The van der Waals surface area contributed by atoms with E-state index in [1.54, 1.807) is 0 Å². The van der Waals surface area contributed by atoms with Gasteiger partial charge >= 0.3 is 5.97 Å². The summed E-state index contributed by atoms with van der Waals surface area (Å²) in [6.45, 7) is 6.77. The number of allylic oxidation sites excluding steroid dienone is 17. The molecule has 3 atom stereocenters. The second-order valence-corrected chi connectivity index (χ2v) is 25.4. The van der Waals surface area contributed by atoms with Gasteiger partial charge in [-0.15, -0.1) is 0 Å². The Balaban J connectivity index is 5.16. The van der Waals surface area contributed by atoms with Crippen molar-refractivity contribution >= 4 is 19.7 Å². The van der Waals surface area contributed by atoms with Crippen LogP contribution in [0, 0.1) is 0 Å². The molecule has 0 saturated carbocycles. The fraction of sp³-hybridized carbons (Fsp3) is 0.726. The van der Waals surface area contributed by atoms with Crippen molar-refractivity contribution < 1.29 is 37.3 Å². The molecule has 0 radical (unpaired) electrons.